The van der Waals surface area contributed by atoms with E-state index in [1.54, 1.807) is 0 Å². The molecule has 0 bridgehead atoms. The molecule has 1 aliphatic carbocycles. The Morgan fingerprint density at radius 3 is 3.07 bits per heavy atom. The largest absolute Gasteiger partial charge is 0.493 e. The molecule has 0 saturated carbocycles. The Kier molecular flexibility index (Phi) is 1.55. The average molecular weight is 185 g/mol. The van der Waals surface area contributed by atoms with E-state index in [-0.39, 0.29) is 5.92 Å². The number of nitrogens with zero attached hydrogens (tertiary/aromatic N) is 1. The number of nitriles is 1. The smallest absolute Gasteiger partial charge is 0.122 e. The summed E-state index contributed by atoms with van der Waals surface area (Å²) >= 11 is 0. The van der Waals surface area contributed by atoms with Crippen LogP contribution in [0.3, 0.4) is 0 Å². The first-order chi connectivity index (χ1) is 6.88. The van der Waals surface area contributed by atoms with Gasteiger partial charge in [0.2, 0.25) is 0 Å². The van der Waals surface area contributed by atoms with E-state index in [9.17, 15) is 0 Å². The molecule has 14 heavy (non-hydrogen) atoms. The first-order valence-corrected chi connectivity index (χ1v) is 5.06. The SMILES string of the molecule is N#CC1CCc2cc3c(cc21)OCC3. The van der Waals surface area contributed by atoms with Crippen LogP contribution >= 0.6 is 0 Å². The molecule has 2 nitrogen and oxygen atoms in total. The van der Waals surface area contributed by atoms with Crippen LogP contribution < -0.4 is 4.74 Å². The summed E-state index contributed by atoms with van der Waals surface area (Å²) in [6.07, 6.45) is 3.06. The zero-order valence-electron chi connectivity index (χ0n) is 7.92. The van der Waals surface area contributed by atoms with Crippen molar-refractivity contribution in [1.29, 1.82) is 5.26 Å². The van der Waals surface area contributed by atoms with Crippen molar-refractivity contribution in [1.82, 2.24) is 0 Å². The second-order valence-corrected chi connectivity index (χ2v) is 3.98. The van der Waals surface area contributed by atoms with Crippen LogP contribution in [0.2, 0.25) is 0 Å². The van der Waals surface area contributed by atoms with Gasteiger partial charge in [-0.25, -0.2) is 0 Å². The highest BCUT2D eigenvalue weighted by atomic mass is 16.5. The summed E-state index contributed by atoms with van der Waals surface area (Å²) in [6, 6.07) is 6.67. The number of ether oxygens (including phenoxy) is 1. The Bertz CT molecular complexity index is 431. The van der Waals surface area contributed by atoms with Gasteiger partial charge in [0.15, 0.2) is 0 Å². The van der Waals surface area contributed by atoms with Gasteiger partial charge >= 0.3 is 0 Å². The quantitative estimate of drug-likeness (QED) is 0.620. The van der Waals surface area contributed by atoms with Crippen molar-refractivity contribution in [2.24, 2.45) is 0 Å². The average Bonchev–Trinajstić information content (AvgIpc) is 2.78. The number of rotatable bonds is 0. The second-order valence-electron chi connectivity index (χ2n) is 3.98. The van der Waals surface area contributed by atoms with Crippen molar-refractivity contribution >= 4 is 0 Å². The van der Waals surface area contributed by atoms with Gasteiger partial charge in [0.05, 0.1) is 18.6 Å². The van der Waals surface area contributed by atoms with Crippen LogP contribution in [0.25, 0.3) is 0 Å². The normalized spacial score (nSPS) is 22.4. The summed E-state index contributed by atoms with van der Waals surface area (Å²) in [5.74, 6) is 1.10. The van der Waals surface area contributed by atoms with Gasteiger partial charge in [-0.15, -0.1) is 0 Å². The van der Waals surface area contributed by atoms with Crippen LogP contribution in [0.4, 0.5) is 0 Å². The molecule has 1 aromatic carbocycles. The van der Waals surface area contributed by atoms with Crippen molar-refractivity contribution in [3.8, 4) is 11.8 Å². The zero-order chi connectivity index (χ0) is 9.54. The number of aryl methyl sites for hydroxylation is 1. The summed E-state index contributed by atoms with van der Waals surface area (Å²) in [4.78, 5) is 0. The molecule has 0 fully saturated rings. The Balaban J connectivity index is 2.14. The zero-order valence-corrected chi connectivity index (χ0v) is 7.92. The van der Waals surface area contributed by atoms with Crippen molar-refractivity contribution in [3.63, 3.8) is 0 Å². The lowest BCUT2D eigenvalue weighted by Crippen LogP contribution is -1.90. The van der Waals surface area contributed by atoms with E-state index < -0.39 is 0 Å². The standard InChI is InChI=1S/C12H11NO/c13-7-10-2-1-8-5-9-3-4-14-12(9)6-11(8)10/h5-6,10H,1-4H2. The van der Waals surface area contributed by atoms with Gasteiger partial charge < -0.3 is 4.74 Å². The first-order valence-electron chi connectivity index (χ1n) is 5.06. The van der Waals surface area contributed by atoms with Crippen LogP contribution in [0.1, 0.15) is 29.0 Å². The van der Waals surface area contributed by atoms with E-state index in [1.165, 1.54) is 16.7 Å². The highest BCUT2D eigenvalue weighted by molar-refractivity contribution is 5.49. The molecule has 1 aliphatic heterocycles. The minimum Gasteiger partial charge on any atom is -0.493 e. The lowest BCUT2D eigenvalue weighted by molar-refractivity contribution is 0.356. The number of hydrogen-bond acceptors (Lipinski definition) is 2. The highest BCUT2D eigenvalue weighted by Crippen LogP contribution is 2.38. The molecule has 1 aromatic rings. The summed E-state index contributed by atoms with van der Waals surface area (Å²) in [7, 11) is 0. The summed E-state index contributed by atoms with van der Waals surface area (Å²) < 4.78 is 5.51. The summed E-state index contributed by atoms with van der Waals surface area (Å²) in [5.41, 5.74) is 3.89. The highest BCUT2D eigenvalue weighted by Gasteiger charge is 2.25. The predicted octanol–water partition coefficient (Wildman–Crippen LogP) is 2.17. The second kappa shape index (κ2) is 2.75. The van der Waals surface area contributed by atoms with E-state index in [0.29, 0.717) is 0 Å². The molecule has 2 heteroatoms. The molecule has 1 atom stereocenters. The maximum absolute atomic E-state index is 8.97. The Morgan fingerprint density at radius 2 is 2.21 bits per heavy atom. The molecule has 0 spiro atoms. The third kappa shape index (κ3) is 0.957. The van der Waals surface area contributed by atoms with Gasteiger partial charge in [0.1, 0.15) is 5.75 Å². The van der Waals surface area contributed by atoms with E-state index in [2.05, 4.69) is 18.2 Å². The van der Waals surface area contributed by atoms with Gasteiger partial charge in [-0.1, -0.05) is 6.07 Å². The van der Waals surface area contributed by atoms with Gasteiger partial charge in [0, 0.05) is 6.42 Å². The number of benzene rings is 1. The van der Waals surface area contributed by atoms with Crippen LogP contribution in [-0.4, -0.2) is 6.61 Å². The van der Waals surface area contributed by atoms with Gasteiger partial charge in [-0.2, -0.15) is 5.26 Å². The third-order valence-electron chi connectivity index (χ3n) is 3.18. The molecule has 0 N–H and O–H groups in total. The molecular weight excluding hydrogens is 174 g/mol. The fourth-order valence-electron chi connectivity index (χ4n) is 2.42. The van der Waals surface area contributed by atoms with Crippen molar-refractivity contribution in [2.45, 2.75) is 25.2 Å². The Hall–Kier alpha value is -1.49. The van der Waals surface area contributed by atoms with Crippen LogP contribution in [0, 0.1) is 11.3 Å². The van der Waals surface area contributed by atoms with Gasteiger partial charge in [-0.3, -0.25) is 0 Å². The molecule has 3 rings (SSSR count). The molecule has 70 valence electrons. The van der Waals surface area contributed by atoms with Crippen molar-refractivity contribution in [3.05, 3.63) is 28.8 Å². The molecule has 0 radical (unpaired) electrons. The summed E-state index contributed by atoms with van der Waals surface area (Å²) in [6.45, 7) is 0.801. The molecule has 2 aliphatic rings. The maximum Gasteiger partial charge on any atom is 0.122 e. The van der Waals surface area contributed by atoms with Crippen LogP contribution in [-0.2, 0) is 12.8 Å². The van der Waals surface area contributed by atoms with Gasteiger partial charge in [-0.05, 0) is 35.6 Å². The third-order valence-corrected chi connectivity index (χ3v) is 3.18. The van der Waals surface area contributed by atoms with Crippen molar-refractivity contribution < 1.29 is 4.74 Å². The molecule has 0 amide bonds. The predicted molar refractivity (Wildman–Crippen MR) is 52.3 cm³/mol. The summed E-state index contributed by atoms with van der Waals surface area (Å²) in [5, 5.41) is 8.97. The first kappa shape index (κ1) is 7.87. The lowest BCUT2D eigenvalue weighted by Gasteiger charge is -2.05. The topological polar surface area (TPSA) is 33.0 Å². The monoisotopic (exact) mass is 185 g/mol. The number of fused-ring (bicyclic) bond motifs is 2. The lowest BCUT2D eigenvalue weighted by atomic mass is 10.00. The Morgan fingerprint density at radius 1 is 1.29 bits per heavy atom. The minimum atomic E-state index is 0.0968. The molecule has 1 unspecified atom stereocenters. The Labute approximate surface area is 83.1 Å². The molecular formula is C12H11NO. The fraction of sp³-hybridized carbons (Fsp3) is 0.417. The van der Waals surface area contributed by atoms with E-state index in [4.69, 9.17) is 10.00 Å². The minimum absolute atomic E-state index is 0.0968. The van der Waals surface area contributed by atoms with E-state index in [0.717, 1.165) is 31.6 Å². The molecule has 0 saturated heterocycles. The van der Waals surface area contributed by atoms with Crippen molar-refractivity contribution in [2.75, 3.05) is 6.61 Å². The fourth-order valence-corrected chi connectivity index (χ4v) is 2.42. The maximum atomic E-state index is 8.97. The molecule has 1 heterocycles. The molecule has 0 aromatic heterocycles. The number of hydrogen-bond donors (Lipinski definition) is 0. The van der Waals surface area contributed by atoms with Crippen LogP contribution in [0.5, 0.6) is 5.75 Å². The van der Waals surface area contributed by atoms with Crippen LogP contribution in [0.15, 0.2) is 12.1 Å². The van der Waals surface area contributed by atoms with E-state index >= 15 is 0 Å². The van der Waals surface area contributed by atoms with E-state index in [1.807, 2.05) is 0 Å². The van der Waals surface area contributed by atoms with Gasteiger partial charge in [0.25, 0.3) is 0 Å².